The van der Waals surface area contributed by atoms with Gasteiger partial charge in [0.25, 0.3) is 0 Å². The zero-order valence-corrected chi connectivity index (χ0v) is 15.2. The Labute approximate surface area is 154 Å². The molecule has 26 heavy (non-hydrogen) atoms. The molecule has 4 rings (SSSR count). The lowest BCUT2D eigenvalue weighted by Crippen LogP contribution is -2.23. The first kappa shape index (κ1) is 16.9. The summed E-state index contributed by atoms with van der Waals surface area (Å²) in [6.07, 6.45) is 6.08. The molecule has 0 saturated heterocycles. The van der Waals surface area contributed by atoms with E-state index in [1.165, 1.54) is 16.7 Å². The Hall–Kier alpha value is -2.59. The second-order valence-electron chi connectivity index (χ2n) is 6.92. The maximum Gasteiger partial charge on any atom is 0.124 e. The molecule has 134 valence electrons. The van der Waals surface area contributed by atoms with Crippen molar-refractivity contribution in [1.29, 1.82) is 0 Å². The van der Waals surface area contributed by atoms with Crippen molar-refractivity contribution in [3.05, 3.63) is 83.4 Å². The first-order chi connectivity index (χ1) is 12.8. The van der Waals surface area contributed by atoms with Crippen molar-refractivity contribution < 1.29 is 4.74 Å². The topological polar surface area (TPSA) is 39.1 Å². The second-order valence-corrected chi connectivity index (χ2v) is 6.92. The molecule has 2 aromatic carbocycles. The highest BCUT2D eigenvalue weighted by Crippen LogP contribution is 2.32. The quantitative estimate of drug-likeness (QED) is 0.750. The van der Waals surface area contributed by atoms with Crippen LogP contribution in [0.3, 0.4) is 0 Å². The molecule has 0 fully saturated rings. The van der Waals surface area contributed by atoms with Crippen LogP contribution < -0.4 is 10.1 Å². The molecule has 0 saturated carbocycles. The molecule has 0 bridgehead atoms. The van der Waals surface area contributed by atoms with Gasteiger partial charge in [0, 0.05) is 30.5 Å². The fourth-order valence-electron chi connectivity index (χ4n) is 3.55. The number of nitrogens with zero attached hydrogens (tertiary/aromatic N) is 2. The van der Waals surface area contributed by atoms with Crippen LogP contribution in [0.1, 0.15) is 41.4 Å². The van der Waals surface area contributed by atoms with Crippen LogP contribution in [-0.2, 0) is 13.1 Å². The summed E-state index contributed by atoms with van der Waals surface area (Å²) in [6, 6.07) is 17.3. The van der Waals surface area contributed by atoms with E-state index in [0.717, 1.165) is 44.1 Å². The lowest BCUT2D eigenvalue weighted by atomic mass is 10.00. The first-order valence-corrected chi connectivity index (χ1v) is 9.30. The van der Waals surface area contributed by atoms with Crippen LogP contribution in [0.25, 0.3) is 0 Å². The van der Waals surface area contributed by atoms with Gasteiger partial charge in [0.15, 0.2) is 0 Å². The zero-order valence-electron chi connectivity index (χ0n) is 15.2. The minimum absolute atomic E-state index is 0.300. The van der Waals surface area contributed by atoms with Crippen molar-refractivity contribution in [3.8, 4) is 5.75 Å². The molecule has 0 aliphatic carbocycles. The molecule has 1 aliphatic rings. The number of ether oxygens (including phenoxy) is 1. The van der Waals surface area contributed by atoms with Gasteiger partial charge in [0.2, 0.25) is 0 Å². The van der Waals surface area contributed by atoms with Crippen LogP contribution in [0.15, 0.2) is 60.9 Å². The van der Waals surface area contributed by atoms with Gasteiger partial charge in [0.1, 0.15) is 11.6 Å². The molecule has 2 heterocycles. The van der Waals surface area contributed by atoms with E-state index in [-0.39, 0.29) is 0 Å². The normalized spacial score (nSPS) is 16.6. The average molecular weight is 347 g/mol. The molecular weight excluding hydrogens is 322 g/mol. The molecule has 1 aliphatic heterocycles. The van der Waals surface area contributed by atoms with Crippen molar-refractivity contribution in [2.45, 2.75) is 38.9 Å². The fourth-order valence-corrected chi connectivity index (χ4v) is 3.55. The van der Waals surface area contributed by atoms with Gasteiger partial charge in [0.05, 0.1) is 13.2 Å². The smallest absolute Gasteiger partial charge is 0.124 e. The monoisotopic (exact) mass is 347 g/mol. The van der Waals surface area contributed by atoms with Gasteiger partial charge < -0.3 is 14.6 Å². The minimum Gasteiger partial charge on any atom is -0.493 e. The largest absolute Gasteiger partial charge is 0.493 e. The lowest BCUT2D eigenvalue weighted by molar-refractivity contribution is 0.315. The van der Waals surface area contributed by atoms with Gasteiger partial charge in [-0.1, -0.05) is 48.0 Å². The van der Waals surface area contributed by atoms with E-state index in [9.17, 15) is 0 Å². The Morgan fingerprint density at radius 3 is 2.96 bits per heavy atom. The van der Waals surface area contributed by atoms with E-state index < -0.39 is 0 Å². The Morgan fingerprint density at radius 1 is 1.19 bits per heavy atom. The molecule has 4 heteroatoms. The summed E-state index contributed by atoms with van der Waals surface area (Å²) in [5, 5.41) is 3.71. The number of aromatic nitrogens is 2. The summed E-state index contributed by atoms with van der Waals surface area (Å²) in [5.74, 6) is 2.08. The molecule has 0 radical (unpaired) electrons. The van der Waals surface area contributed by atoms with Crippen molar-refractivity contribution in [1.82, 2.24) is 14.9 Å². The number of imidazole rings is 1. The summed E-state index contributed by atoms with van der Waals surface area (Å²) >= 11 is 0. The number of hydrogen-bond donors (Lipinski definition) is 1. The van der Waals surface area contributed by atoms with Gasteiger partial charge in [-0.2, -0.15) is 0 Å². The fraction of sp³-hybridized carbons (Fsp3) is 0.318. The Balaban J connectivity index is 1.48. The highest BCUT2D eigenvalue weighted by atomic mass is 16.5. The number of aryl methyl sites for hydroxylation is 1. The number of nitrogens with one attached hydrogen (secondary N) is 1. The van der Waals surface area contributed by atoms with Crippen molar-refractivity contribution in [2.24, 2.45) is 0 Å². The molecule has 1 N–H and O–H groups in total. The van der Waals surface area contributed by atoms with Crippen LogP contribution in [0.5, 0.6) is 5.75 Å². The Bertz CT molecular complexity index is 857. The van der Waals surface area contributed by atoms with Crippen molar-refractivity contribution >= 4 is 0 Å². The Kier molecular flexibility index (Phi) is 5.02. The van der Waals surface area contributed by atoms with Crippen LogP contribution in [0, 0.1) is 6.92 Å². The van der Waals surface area contributed by atoms with E-state index >= 15 is 0 Å². The average Bonchev–Trinajstić information content (AvgIpc) is 3.00. The molecule has 1 aromatic heterocycles. The minimum atomic E-state index is 0.300. The molecule has 4 nitrogen and oxygen atoms in total. The van der Waals surface area contributed by atoms with E-state index in [1.54, 1.807) is 0 Å². The van der Waals surface area contributed by atoms with Crippen LogP contribution in [0.4, 0.5) is 0 Å². The maximum absolute atomic E-state index is 5.91. The van der Waals surface area contributed by atoms with E-state index in [0.29, 0.717) is 6.04 Å². The highest BCUT2D eigenvalue weighted by Gasteiger charge is 2.20. The van der Waals surface area contributed by atoms with Crippen LogP contribution in [-0.4, -0.2) is 16.2 Å². The second kappa shape index (κ2) is 7.75. The third-order valence-electron chi connectivity index (χ3n) is 4.94. The molecular formula is C22H25N3O. The summed E-state index contributed by atoms with van der Waals surface area (Å²) in [7, 11) is 0. The molecule has 0 spiro atoms. The van der Waals surface area contributed by atoms with Gasteiger partial charge in [-0.3, -0.25) is 0 Å². The predicted octanol–water partition coefficient (Wildman–Crippen LogP) is 4.24. The number of fused-ring (bicyclic) bond motifs is 1. The highest BCUT2D eigenvalue weighted by molar-refractivity contribution is 5.39. The van der Waals surface area contributed by atoms with Crippen molar-refractivity contribution in [2.75, 3.05) is 6.61 Å². The molecule has 1 atom stereocenters. The van der Waals surface area contributed by atoms with Gasteiger partial charge in [-0.25, -0.2) is 4.98 Å². The van der Waals surface area contributed by atoms with E-state index in [2.05, 4.69) is 70.5 Å². The maximum atomic E-state index is 5.91. The van der Waals surface area contributed by atoms with Gasteiger partial charge in [-0.15, -0.1) is 0 Å². The summed E-state index contributed by atoms with van der Waals surface area (Å²) in [6.45, 7) is 4.52. The summed E-state index contributed by atoms with van der Waals surface area (Å²) in [4.78, 5) is 4.56. The lowest BCUT2D eigenvalue weighted by Gasteiger charge is -2.19. The SMILES string of the molecule is Cc1ccc2c(c1)[C@H](NCc1nccn1Cc1ccccc1)CCCO2. The van der Waals surface area contributed by atoms with Crippen LogP contribution in [0.2, 0.25) is 0 Å². The van der Waals surface area contributed by atoms with Crippen molar-refractivity contribution in [3.63, 3.8) is 0 Å². The third-order valence-corrected chi connectivity index (χ3v) is 4.94. The Morgan fingerprint density at radius 2 is 2.08 bits per heavy atom. The third kappa shape index (κ3) is 3.81. The van der Waals surface area contributed by atoms with Crippen LogP contribution >= 0.6 is 0 Å². The van der Waals surface area contributed by atoms with E-state index in [1.807, 2.05) is 12.3 Å². The zero-order chi connectivity index (χ0) is 17.8. The molecule has 3 aromatic rings. The first-order valence-electron chi connectivity index (χ1n) is 9.30. The van der Waals surface area contributed by atoms with E-state index in [4.69, 9.17) is 4.74 Å². The molecule has 0 amide bonds. The predicted molar refractivity (Wildman–Crippen MR) is 103 cm³/mol. The van der Waals surface area contributed by atoms with Gasteiger partial charge in [-0.05, 0) is 31.4 Å². The molecule has 0 unspecified atom stereocenters. The number of benzene rings is 2. The van der Waals surface area contributed by atoms with Gasteiger partial charge >= 0.3 is 0 Å². The summed E-state index contributed by atoms with van der Waals surface area (Å²) < 4.78 is 8.13. The summed E-state index contributed by atoms with van der Waals surface area (Å²) in [5.41, 5.74) is 3.82. The standard InChI is InChI=1S/C22H25N3O/c1-17-9-10-21-19(14-17)20(8-5-13-26-21)24-15-22-23-11-12-25(22)16-18-6-3-2-4-7-18/h2-4,6-7,9-12,14,20,24H,5,8,13,15-16H2,1H3/t20-/m1/s1. The number of rotatable bonds is 5. The number of hydrogen-bond acceptors (Lipinski definition) is 3.